The number of rotatable bonds is 6. The Kier molecular flexibility index (Phi) is 5.69. The van der Waals surface area contributed by atoms with E-state index < -0.39 is 0 Å². The van der Waals surface area contributed by atoms with Gasteiger partial charge in [0.15, 0.2) is 0 Å². The molecule has 0 bridgehead atoms. The van der Waals surface area contributed by atoms with E-state index in [0.29, 0.717) is 17.6 Å². The fraction of sp³-hybridized carbons (Fsp3) is 0.571. The molecule has 0 spiro atoms. The molecule has 0 saturated carbocycles. The summed E-state index contributed by atoms with van der Waals surface area (Å²) < 4.78 is 5.18. The van der Waals surface area contributed by atoms with Crippen LogP contribution in [0.5, 0.6) is 0 Å². The molecule has 0 amide bonds. The highest BCUT2D eigenvalue weighted by atomic mass is 32.1. The SMILES string of the molecule is COCCN(c1cc(C)nc(C)c1C(N)=S)C(C)C. The van der Waals surface area contributed by atoms with Gasteiger partial charge in [0.25, 0.3) is 0 Å². The van der Waals surface area contributed by atoms with Crippen LogP contribution in [0.2, 0.25) is 0 Å². The molecule has 0 fully saturated rings. The third-order valence-corrected chi connectivity index (χ3v) is 3.23. The summed E-state index contributed by atoms with van der Waals surface area (Å²) in [5, 5.41) is 0. The second kappa shape index (κ2) is 6.82. The predicted molar refractivity (Wildman–Crippen MR) is 84.0 cm³/mol. The van der Waals surface area contributed by atoms with Gasteiger partial charge in [0.05, 0.1) is 17.9 Å². The van der Waals surface area contributed by atoms with E-state index in [1.165, 1.54) is 0 Å². The van der Waals surface area contributed by atoms with Gasteiger partial charge >= 0.3 is 0 Å². The first-order chi connectivity index (χ1) is 8.88. The summed E-state index contributed by atoms with van der Waals surface area (Å²) >= 11 is 5.18. The molecule has 0 aliphatic carbocycles. The van der Waals surface area contributed by atoms with Crippen molar-refractivity contribution < 1.29 is 4.74 Å². The average molecular weight is 281 g/mol. The Balaban J connectivity index is 3.31. The molecular weight excluding hydrogens is 258 g/mol. The largest absolute Gasteiger partial charge is 0.389 e. The van der Waals surface area contributed by atoms with Gasteiger partial charge in [0.1, 0.15) is 4.99 Å². The highest BCUT2D eigenvalue weighted by Gasteiger charge is 2.18. The van der Waals surface area contributed by atoms with Gasteiger partial charge in [-0.2, -0.15) is 0 Å². The van der Waals surface area contributed by atoms with E-state index in [4.69, 9.17) is 22.7 Å². The number of anilines is 1. The molecule has 106 valence electrons. The van der Waals surface area contributed by atoms with Gasteiger partial charge in [-0.3, -0.25) is 4.98 Å². The lowest BCUT2D eigenvalue weighted by Gasteiger charge is -2.31. The first-order valence-corrected chi connectivity index (χ1v) is 6.83. The lowest BCUT2D eigenvalue weighted by molar-refractivity contribution is 0.204. The van der Waals surface area contributed by atoms with Crippen LogP contribution in [0.15, 0.2) is 6.07 Å². The maximum atomic E-state index is 5.87. The summed E-state index contributed by atoms with van der Waals surface area (Å²) in [6.45, 7) is 9.67. The van der Waals surface area contributed by atoms with Crippen LogP contribution in [0.25, 0.3) is 0 Å². The Bertz CT molecular complexity index is 460. The minimum Gasteiger partial charge on any atom is -0.389 e. The Morgan fingerprint density at radius 3 is 2.58 bits per heavy atom. The van der Waals surface area contributed by atoms with Gasteiger partial charge in [-0.25, -0.2) is 0 Å². The maximum Gasteiger partial charge on any atom is 0.107 e. The predicted octanol–water partition coefficient (Wildman–Crippen LogP) is 2.19. The van der Waals surface area contributed by atoms with Crippen molar-refractivity contribution in [2.45, 2.75) is 33.7 Å². The molecule has 0 aromatic carbocycles. The van der Waals surface area contributed by atoms with Crippen molar-refractivity contribution in [1.29, 1.82) is 0 Å². The van der Waals surface area contributed by atoms with E-state index in [9.17, 15) is 0 Å². The molecule has 0 saturated heterocycles. The molecule has 1 aromatic rings. The molecule has 0 aliphatic rings. The van der Waals surface area contributed by atoms with Crippen molar-refractivity contribution in [1.82, 2.24) is 4.98 Å². The van der Waals surface area contributed by atoms with Crippen molar-refractivity contribution in [3.05, 3.63) is 23.0 Å². The van der Waals surface area contributed by atoms with E-state index in [0.717, 1.165) is 29.2 Å². The van der Waals surface area contributed by atoms with Gasteiger partial charge in [-0.05, 0) is 33.8 Å². The molecule has 19 heavy (non-hydrogen) atoms. The lowest BCUT2D eigenvalue weighted by atomic mass is 10.1. The topological polar surface area (TPSA) is 51.4 Å². The van der Waals surface area contributed by atoms with Crippen LogP contribution in [-0.2, 0) is 4.74 Å². The minimum absolute atomic E-state index is 0.337. The van der Waals surface area contributed by atoms with E-state index in [1.54, 1.807) is 7.11 Å². The van der Waals surface area contributed by atoms with Crippen LogP contribution in [0.1, 0.15) is 30.8 Å². The Labute approximate surface area is 121 Å². The second-order valence-electron chi connectivity index (χ2n) is 4.89. The van der Waals surface area contributed by atoms with E-state index >= 15 is 0 Å². The zero-order valence-electron chi connectivity index (χ0n) is 12.4. The van der Waals surface area contributed by atoms with Gasteiger partial charge in [0, 0.05) is 31.1 Å². The van der Waals surface area contributed by atoms with Crippen molar-refractivity contribution in [2.75, 3.05) is 25.2 Å². The molecular formula is C14H23N3OS. The van der Waals surface area contributed by atoms with Crippen LogP contribution in [0, 0.1) is 13.8 Å². The average Bonchev–Trinajstić information content (AvgIpc) is 2.27. The number of ether oxygens (including phenoxy) is 1. The number of nitrogens with zero attached hydrogens (tertiary/aromatic N) is 2. The number of aryl methyl sites for hydroxylation is 2. The quantitative estimate of drug-likeness (QED) is 0.810. The monoisotopic (exact) mass is 281 g/mol. The third kappa shape index (κ3) is 3.88. The zero-order chi connectivity index (χ0) is 14.6. The van der Waals surface area contributed by atoms with Crippen molar-refractivity contribution in [3.8, 4) is 0 Å². The Hall–Kier alpha value is -1.20. The fourth-order valence-electron chi connectivity index (χ4n) is 2.19. The van der Waals surface area contributed by atoms with Gasteiger partial charge in [0.2, 0.25) is 0 Å². The smallest absolute Gasteiger partial charge is 0.107 e. The molecule has 0 radical (unpaired) electrons. The third-order valence-electron chi connectivity index (χ3n) is 3.02. The number of aromatic nitrogens is 1. The van der Waals surface area contributed by atoms with Gasteiger partial charge < -0.3 is 15.4 Å². The number of hydrogen-bond donors (Lipinski definition) is 1. The van der Waals surface area contributed by atoms with Crippen molar-refractivity contribution in [3.63, 3.8) is 0 Å². The molecule has 1 rings (SSSR count). The first-order valence-electron chi connectivity index (χ1n) is 6.42. The van der Waals surface area contributed by atoms with Crippen LogP contribution in [0.4, 0.5) is 5.69 Å². The summed E-state index contributed by atoms with van der Waals surface area (Å²) in [7, 11) is 1.70. The molecule has 0 aliphatic heterocycles. The van der Waals surface area contributed by atoms with Crippen LogP contribution in [-0.4, -0.2) is 36.3 Å². The Morgan fingerprint density at radius 1 is 1.47 bits per heavy atom. The standard InChI is InChI=1S/C14H23N3OS/c1-9(2)17(6-7-18-5)12-8-10(3)16-11(4)13(12)14(15)19/h8-9H,6-7H2,1-5H3,(H2,15,19). The number of pyridine rings is 1. The molecule has 0 atom stereocenters. The molecule has 0 unspecified atom stereocenters. The zero-order valence-corrected chi connectivity index (χ0v) is 13.2. The molecule has 1 aromatic heterocycles. The number of thiocarbonyl (C=S) groups is 1. The van der Waals surface area contributed by atoms with Crippen molar-refractivity contribution in [2.24, 2.45) is 5.73 Å². The van der Waals surface area contributed by atoms with Crippen LogP contribution in [0.3, 0.4) is 0 Å². The highest BCUT2D eigenvalue weighted by Crippen LogP contribution is 2.25. The number of methoxy groups -OCH3 is 1. The van der Waals surface area contributed by atoms with E-state index in [-0.39, 0.29) is 0 Å². The summed E-state index contributed by atoms with van der Waals surface area (Å²) in [4.78, 5) is 7.09. The summed E-state index contributed by atoms with van der Waals surface area (Å²) in [6, 6.07) is 2.38. The van der Waals surface area contributed by atoms with Crippen LogP contribution >= 0.6 is 12.2 Å². The maximum absolute atomic E-state index is 5.87. The number of nitrogens with two attached hydrogens (primary N) is 1. The van der Waals surface area contributed by atoms with Crippen molar-refractivity contribution >= 4 is 22.9 Å². The number of hydrogen-bond acceptors (Lipinski definition) is 4. The first kappa shape index (κ1) is 15.9. The minimum atomic E-state index is 0.337. The second-order valence-corrected chi connectivity index (χ2v) is 5.33. The van der Waals surface area contributed by atoms with E-state index in [1.807, 2.05) is 19.9 Å². The summed E-state index contributed by atoms with van der Waals surface area (Å²) in [5.41, 5.74) is 9.63. The summed E-state index contributed by atoms with van der Waals surface area (Å²) in [5.74, 6) is 0. The lowest BCUT2D eigenvalue weighted by Crippen LogP contribution is -2.36. The van der Waals surface area contributed by atoms with Gasteiger partial charge in [-0.15, -0.1) is 0 Å². The normalized spacial score (nSPS) is 10.8. The molecule has 2 N–H and O–H groups in total. The Morgan fingerprint density at radius 2 is 2.11 bits per heavy atom. The van der Waals surface area contributed by atoms with E-state index in [2.05, 4.69) is 23.7 Å². The van der Waals surface area contributed by atoms with Crippen LogP contribution < -0.4 is 10.6 Å². The highest BCUT2D eigenvalue weighted by molar-refractivity contribution is 7.80. The fourth-order valence-corrected chi connectivity index (χ4v) is 2.44. The van der Waals surface area contributed by atoms with Gasteiger partial charge in [-0.1, -0.05) is 12.2 Å². The molecule has 1 heterocycles. The molecule has 4 nitrogen and oxygen atoms in total. The summed E-state index contributed by atoms with van der Waals surface area (Å²) in [6.07, 6.45) is 0. The molecule has 5 heteroatoms.